The molecule has 38 heavy (non-hydrogen) atoms. The van der Waals surface area contributed by atoms with Crippen LogP contribution in [0.1, 0.15) is 56.0 Å². The van der Waals surface area contributed by atoms with Crippen molar-refractivity contribution in [3.8, 4) is 0 Å². The second-order valence-electron chi connectivity index (χ2n) is 9.86. The summed E-state index contributed by atoms with van der Waals surface area (Å²) < 4.78 is 55.7. The van der Waals surface area contributed by atoms with Crippen LogP contribution in [0.2, 0.25) is 5.15 Å². The van der Waals surface area contributed by atoms with E-state index >= 15 is 0 Å². The van der Waals surface area contributed by atoms with Gasteiger partial charge < -0.3 is 19.7 Å². The number of halogens is 4. The van der Waals surface area contributed by atoms with Gasteiger partial charge in [0.05, 0.1) is 29.1 Å². The summed E-state index contributed by atoms with van der Waals surface area (Å²) in [5.74, 6) is -0.424. The van der Waals surface area contributed by atoms with E-state index in [1.165, 1.54) is 12.1 Å². The van der Waals surface area contributed by atoms with Crippen LogP contribution >= 0.6 is 11.6 Å². The normalized spacial score (nSPS) is 19.6. The van der Waals surface area contributed by atoms with Gasteiger partial charge in [-0.1, -0.05) is 23.7 Å². The van der Waals surface area contributed by atoms with E-state index in [2.05, 4.69) is 15.4 Å². The molecule has 0 unspecified atom stereocenters. The summed E-state index contributed by atoms with van der Waals surface area (Å²) in [4.78, 5) is 18.8. The van der Waals surface area contributed by atoms with Crippen LogP contribution in [0.15, 0.2) is 36.5 Å². The van der Waals surface area contributed by atoms with Crippen LogP contribution in [-0.2, 0) is 14.3 Å². The number of piperidine rings is 1. The number of rotatable bonds is 6. The molecule has 1 N–H and O–H groups in total. The standard InChI is InChI=1S/C26H29ClF3N5O3/c1-16(37-2)22-19(15-31-21-14-20(27)33-35(21)22)32-18-6-4-17(5-7-18)23(26(28,29)30)34-11-3-8-25(24(34)36)9-12-38-13-10-25/h4-7,14-16,23,32H,3,8-13H2,1-2H3/t16-,23-/m0/s1. The number of hydrogen-bond acceptors (Lipinski definition) is 6. The van der Waals surface area contributed by atoms with E-state index in [0.29, 0.717) is 61.6 Å². The van der Waals surface area contributed by atoms with Crippen molar-refractivity contribution in [1.29, 1.82) is 0 Å². The van der Waals surface area contributed by atoms with E-state index in [9.17, 15) is 18.0 Å². The number of ether oxygens (including phenoxy) is 2. The van der Waals surface area contributed by atoms with Crippen LogP contribution in [0.4, 0.5) is 24.5 Å². The van der Waals surface area contributed by atoms with Crippen molar-refractivity contribution >= 4 is 34.5 Å². The van der Waals surface area contributed by atoms with Gasteiger partial charge in [0, 0.05) is 38.6 Å². The topological polar surface area (TPSA) is 81.0 Å². The zero-order chi connectivity index (χ0) is 27.1. The molecule has 1 amide bonds. The Labute approximate surface area is 223 Å². The number of aromatic nitrogens is 3. The predicted octanol–water partition coefficient (Wildman–Crippen LogP) is 5.86. The van der Waals surface area contributed by atoms with E-state index in [4.69, 9.17) is 21.1 Å². The first kappa shape index (κ1) is 26.7. The fourth-order valence-electron chi connectivity index (χ4n) is 5.55. The molecule has 1 aromatic carbocycles. The van der Waals surface area contributed by atoms with E-state index in [-0.39, 0.29) is 23.4 Å². The molecule has 2 aliphatic rings. The molecular formula is C26H29ClF3N5O3. The number of amides is 1. The number of anilines is 2. The number of hydrogen-bond donors (Lipinski definition) is 1. The number of nitrogens with zero attached hydrogens (tertiary/aromatic N) is 4. The van der Waals surface area contributed by atoms with Crippen molar-refractivity contribution in [3.05, 3.63) is 52.9 Å². The SMILES string of the molecule is CO[C@@H](C)c1c(Nc2ccc([C@H](N3CCCC4(CCOCC4)C3=O)C(F)(F)F)cc2)cnc2cc(Cl)nn12. The number of fused-ring (bicyclic) bond motifs is 1. The Balaban J connectivity index is 1.44. The minimum Gasteiger partial charge on any atom is -0.381 e. The molecule has 2 saturated heterocycles. The van der Waals surface area contributed by atoms with E-state index in [0.717, 1.165) is 4.90 Å². The largest absolute Gasteiger partial charge is 0.413 e. The van der Waals surface area contributed by atoms with Crippen LogP contribution < -0.4 is 5.32 Å². The summed E-state index contributed by atoms with van der Waals surface area (Å²) in [7, 11) is 1.56. The molecule has 0 bridgehead atoms. The zero-order valence-electron chi connectivity index (χ0n) is 21.1. The Kier molecular flexibility index (Phi) is 7.27. The molecule has 0 saturated carbocycles. The number of alkyl halides is 3. The number of carbonyl (C=O) groups is 1. The van der Waals surface area contributed by atoms with Crippen molar-refractivity contribution in [1.82, 2.24) is 19.5 Å². The summed E-state index contributed by atoms with van der Waals surface area (Å²) in [6.07, 6.45) is -1.36. The van der Waals surface area contributed by atoms with Gasteiger partial charge in [-0.15, -0.1) is 0 Å². The second-order valence-corrected chi connectivity index (χ2v) is 10.2. The molecule has 2 aromatic heterocycles. The third-order valence-electron chi connectivity index (χ3n) is 7.58. The first-order valence-corrected chi connectivity index (χ1v) is 12.9. The average Bonchev–Trinajstić information content (AvgIpc) is 3.27. The third-order valence-corrected chi connectivity index (χ3v) is 7.76. The maximum Gasteiger partial charge on any atom is 0.413 e. The number of likely N-dealkylation sites (tertiary alicyclic amines) is 1. The van der Waals surface area contributed by atoms with Crippen molar-refractivity contribution in [2.24, 2.45) is 5.41 Å². The number of benzene rings is 1. The van der Waals surface area contributed by atoms with Crippen molar-refractivity contribution in [3.63, 3.8) is 0 Å². The van der Waals surface area contributed by atoms with Gasteiger partial charge in [0.25, 0.3) is 0 Å². The number of carbonyl (C=O) groups excluding carboxylic acids is 1. The molecule has 3 aromatic rings. The summed E-state index contributed by atoms with van der Waals surface area (Å²) in [5, 5.41) is 7.75. The molecule has 5 rings (SSSR count). The molecule has 12 heteroatoms. The summed E-state index contributed by atoms with van der Waals surface area (Å²) in [5.41, 5.74) is 1.55. The maximum atomic E-state index is 14.4. The molecule has 2 atom stereocenters. The third kappa shape index (κ3) is 4.94. The Hall–Kier alpha value is -2.89. The summed E-state index contributed by atoms with van der Waals surface area (Å²) in [6.45, 7) is 2.70. The van der Waals surface area contributed by atoms with Gasteiger partial charge in [-0.25, -0.2) is 9.50 Å². The van der Waals surface area contributed by atoms with Gasteiger partial charge in [0.15, 0.2) is 16.8 Å². The lowest BCUT2D eigenvalue weighted by atomic mass is 9.72. The molecular weight excluding hydrogens is 523 g/mol. The van der Waals surface area contributed by atoms with Gasteiger partial charge in [-0.05, 0) is 50.3 Å². The first-order valence-electron chi connectivity index (χ1n) is 12.5. The Morgan fingerprint density at radius 2 is 1.89 bits per heavy atom. The van der Waals surface area contributed by atoms with E-state index in [1.807, 2.05) is 6.92 Å². The van der Waals surface area contributed by atoms with Crippen LogP contribution in [0.3, 0.4) is 0 Å². The average molecular weight is 552 g/mol. The van der Waals surface area contributed by atoms with Crippen molar-refractivity contribution in [2.45, 2.75) is 50.9 Å². The minimum atomic E-state index is -4.62. The number of methoxy groups -OCH3 is 1. The lowest BCUT2D eigenvalue weighted by molar-refractivity contribution is -0.203. The van der Waals surface area contributed by atoms with Gasteiger partial charge in [-0.3, -0.25) is 4.79 Å². The van der Waals surface area contributed by atoms with Gasteiger partial charge in [0.2, 0.25) is 5.91 Å². The molecule has 8 nitrogen and oxygen atoms in total. The monoisotopic (exact) mass is 551 g/mol. The van der Waals surface area contributed by atoms with Gasteiger partial charge in [-0.2, -0.15) is 18.3 Å². The highest BCUT2D eigenvalue weighted by molar-refractivity contribution is 6.29. The van der Waals surface area contributed by atoms with Gasteiger partial charge >= 0.3 is 6.18 Å². The molecule has 0 radical (unpaired) electrons. The van der Waals surface area contributed by atoms with Crippen LogP contribution in [-0.4, -0.2) is 58.4 Å². The highest BCUT2D eigenvalue weighted by Gasteiger charge is 2.53. The lowest BCUT2D eigenvalue weighted by Gasteiger charge is -2.46. The quantitative estimate of drug-likeness (QED) is 0.413. The zero-order valence-corrected chi connectivity index (χ0v) is 21.8. The van der Waals surface area contributed by atoms with E-state index in [1.54, 1.807) is 36.0 Å². The lowest BCUT2D eigenvalue weighted by Crippen LogP contribution is -2.54. The summed E-state index contributed by atoms with van der Waals surface area (Å²) in [6, 6.07) is 5.56. The maximum absolute atomic E-state index is 14.4. The minimum absolute atomic E-state index is 0.0124. The fraction of sp³-hybridized carbons (Fsp3) is 0.500. The highest BCUT2D eigenvalue weighted by Crippen LogP contribution is 2.46. The predicted molar refractivity (Wildman–Crippen MR) is 135 cm³/mol. The Morgan fingerprint density at radius 1 is 1.18 bits per heavy atom. The van der Waals surface area contributed by atoms with Crippen molar-refractivity contribution < 1.29 is 27.4 Å². The molecule has 4 heterocycles. The Morgan fingerprint density at radius 3 is 2.55 bits per heavy atom. The fourth-order valence-corrected chi connectivity index (χ4v) is 5.72. The smallest absolute Gasteiger partial charge is 0.381 e. The molecule has 2 aliphatic heterocycles. The van der Waals surface area contributed by atoms with Crippen LogP contribution in [0, 0.1) is 5.41 Å². The number of nitrogens with one attached hydrogen (secondary N) is 1. The van der Waals surface area contributed by atoms with Crippen LogP contribution in [0.5, 0.6) is 0 Å². The molecule has 204 valence electrons. The summed E-state index contributed by atoms with van der Waals surface area (Å²) >= 11 is 6.06. The molecule has 2 fully saturated rings. The second kappa shape index (κ2) is 10.3. The molecule has 1 spiro atoms. The highest BCUT2D eigenvalue weighted by atomic mass is 35.5. The van der Waals surface area contributed by atoms with E-state index < -0.39 is 23.5 Å². The van der Waals surface area contributed by atoms with Crippen molar-refractivity contribution in [2.75, 3.05) is 32.2 Å². The first-order chi connectivity index (χ1) is 18.1. The van der Waals surface area contributed by atoms with Crippen LogP contribution in [0.25, 0.3) is 5.65 Å². The van der Waals surface area contributed by atoms with Gasteiger partial charge in [0.1, 0.15) is 0 Å². The Bertz CT molecular complexity index is 1300. The molecule has 0 aliphatic carbocycles.